The van der Waals surface area contributed by atoms with Crippen molar-refractivity contribution in [1.29, 1.82) is 0 Å². The van der Waals surface area contributed by atoms with Gasteiger partial charge in [0.1, 0.15) is 22.3 Å². The molecule has 2 aromatic heterocycles. The van der Waals surface area contributed by atoms with Gasteiger partial charge in [-0.05, 0) is 61.1 Å². The van der Waals surface area contributed by atoms with Crippen LogP contribution >= 0.6 is 0 Å². The zero-order valence-electron chi connectivity index (χ0n) is 23.0. The van der Waals surface area contributed by atoms with E-state index in [1.165, 1.54) is 0 Å². The minimum absolute atomic E-state index is 0.115. The molecule has 0 aliphatic heterocycles. The first-order valence-electron chi connectivity index (χ1n) is 13.6. The minimum Gasteiger partial charge on any atom is -0.504 e. The number of hydrogen-bond acceptors (Lipinski definition) is 6. The van der Waals surface area contributed by atoms with Crippen molar-refractivity contribution in [3.63, 3.8) is 0 Å². The highest BCUT2D eigenvalue weighted by Gasteiger charge is 2.31. The van der Waals surface area contributed by atoms with Crippen molar-refractivity contribution < 1.29 is 29.3 Å². The average molecular weight is 559 g/mol. The SMILES string of the molecule is C=CCc1ccc2oc3c(CC=C)c(O)c(O)c(-c4c(O)c(O)c(CC=C)c5oc6ccc(CC=C)cc6c45)c3c2c1. The van der Waals surface area contributed by atoms with Gasteiger partial charge in [0.25, 0.3) is 0 Å². The molecule has 0 fully saturated rings. The Morgan fingerprint density at radius 2 is 0.905 bits per heavy atom. The van der Waals surface area contributed by atoms with E-state index in [4.69, 9.17) is 8.83 Å². The van der Waals surface area contributed by atoms with Gasteiger partial charge in [-0.25, -0.2) is 0 Å². The van der Waals surface area contributed by atoms with E-state index in [9.17, 15) is 20.4 Å². The number of allylic oxidation sites excluding steroid dienone is 4. The smallest absolute Gasteiger partial charge is 0.166 e. The highest BCUT2D eigenvalue weighted by Crippen LogP contribution is 2.57. The fraction of sp³-hybridized carbons (Fsp3) is 0.111. The number of furan rings is 2. The second-order valence-electron chi connectivity index (χ2n) is 10.3. The maximum atomic E-state index is 11.7. The first kappa shape index (κ1) is 26.8. The van der Waals surface area contributed by atoms with Gasteiger partial charge >= 0.3 is 0 Å². The summed E-state index contributed by atoms with van der Waals surface area (Å²) < 4.78 is 12.6. The largest absolute Gasteiger partial charge is 0.504 e. The number of hydrogen-bond donors (Lipinski definition) is 4. The summed E-state index contributed by atoms with van der Waals surface area (Å²) in [6.45, 7) is 15.3. The van der Waals surface area contributed by atoms with E-state index in [-0.39, 0.29) is 24.0 Å². The third kappa shape index (κ3) is 3.87. The summed E-state index contributed by atoms with van der Waals surface area (Å²) in [6, 6.07) is 11.4. The number of rotatable bonds is 9. The van der Waals surface area contributed by atoms with Crippen LogP contribution < -0.4 is 0 Å². The molecule has 0 saturated carbocycles. The number of phenols is 4. The Morgan fingerprint density at radius 3 is 1.26 bits per heavy atom. The molecule has 0 aliphatic rings. The maximum Gasteiger partial charge on any atom is 0.166 e. The Morgan fingerprint density at radius 1 is 0.524 bits per heavy atom. The average Bonchev–Trinajstić information content (AvgIpc) is 3.54. The van der Waals surface area contributed by atoms with Crippen molar-refractivity contribution >= 4 is 43.9 Å². The van der Waals surface area contributed by atoms with Gasteiger partial charge in [0, 0.05) is 43.8 Å². The van der Waals surface area contributed by atoms with Crippen LogP contribution in [0, 0.1) is 0 Å². The summed E-state index contributed by atoms with van der Waals surface area (Å²) in [5.41, 5.74) is 4.62. The van der Waals surface area contributed by atoms with E-state index in [1.807, 2.05) is 36.4 Å². The van der Waals surface area contributed by atoms with Crippen molar-refractivity contribution in [3.05, 3.63) is 109 Å². The van der Waals surface area contributed by atoms with Crippen LogP contribution in [-0.4, -0.2) is 20.4 Å². The van der Waals surface area contributed by atoms with E-state index >= 15 is 0 Å². The predicted octanol–water partition coefficient (Wildman–Crippen LogP) is 8.89. The van der Waals surface area contributed by atoms with Crippen LogP contribution in [0.5, 0.6) is 23.0 Å². The Labute approximate surface area is 242 Å². The number of phenolic OH excluding ortho intramolecular Hbond substituents is 4. The fourth-order valence-corrected chi connectivity index (χ4v) is 5.93. The van der Waals surface area contributed by atoms with Gasteiger partial charge in [-0.1, -0.05) is 36.4 Å². The zero-order chi connectivity index (χ0) is 29.7. The number of fused-ring (bicyclic) bond motifs is 6. The lowest BCUT2D eigenvalue weighted by Crippen LogP contribution is -1.93. The van der Waals surface area contributed by atoms with Crippen molar-refractivity contribution in [2.45, 2.75) is 25.7 Å². The summed E-state index contributed by atoms with van der Waals surface area (Å²) in [4.78, 5) is 0. The molecule has 6 aromatic rings. The molecule has 6 rings (SSSR count). The first-order chi connectivity index (χ1) is 20.3. The lowest BCUT2D eigenvalue weighted by Gasteiger charge is -2.17. The third-order valence-corrected chi connectivity index (χ3v) is 7.75. The second-order valence-corrected chi connectivity index (χ2v) is 10.3. The highest BCUT2D eigenvalue weighted by atomic mass is 16.3. The fourth-order valence-electron chi connectivity index (χ4n) is 5.93. The molecule has 0 amide bonds. The molecule has 4 N–H and O–H groups in total. The molecule has 0 atom stereocenters. The standard InChI is InChI=1S/C36H30O6/c1-5-9-19-13-15-25-23(17-19)27-29(33(39)31(37)21(11-7-3)35(27)41-25)30-28-24-18-20(10-6-2)14-16-26(24)42-36(28)22(12-8-4)32(38)34(30)40/h5-8,13-18,37-40H,1-4,9-12H2. The third-order valence-electron chi connectivity index (χ3n) is 7.75. The van der Waals surface area contributed by atoms with Crippen molar-refractivity contribution in [2.24, 2.45) is 0 Å². The van der Waals surface area contributed by atoms with E-state index in [1.54, 1.807) is 24.3 Å². The normalized spacial score (nSPS) is 11.5. The van der Waals surface area contributed by atoms with Gasteiger partial charge in [-0.15, -0.1) is 26.3 Å². The molecule has 0 radical (unpaired) electrons. The summed E-state index contributed by atoms with van der Waals surface area (Å²) in [5.74, 6) is -1.71. The molecule has 42 heavy (non-hydrogen) atoms. The molecule has 2 heterocycles. The molecular formula is C36H30O6. The first-order valence-corrected chi connectivity index (χ1v) is 13.6. The Balaban J connectivity index is 1.88. The molecule has 6 heteroatoms. The predicted molar refractivity (Wildman–Crippen MR) is 169 cm³/mol. The van der Waals surface area contributed by atoms with E-state index in [0.717, 1.165) is 11.1 Å². The Bertz CT molecular complexity index is 1950. The van der Waals surface area contributed by atoms with E-state index < -0.39 is 23.0 Å². The van der Waals surface area contributed by atoms with Gasteiger partial charge in [0.05, 0.1) is 0 Å². The molecular weight excluding hydrogens is 528 g/mol. The Kier molecular flexibility index (Phi) is 6.54. The lowest BCUT2D eigenvalue weighted by molar-refractivity contribution is 0.397. The minimum atomic E-state index is -0.458. The summed E-state index contributed by atoms with van der Waals surface area (Å²) in [7, 11) is 0. The highest BCUT2D eigenvalue weighted by molar-refractivity contribution is 6.24. The summed E-state index contributed by atoms with van der Waals surface area (Å²) in [6.07, 6.45) is 8.46. The molecule has 0 spiro atoms. The summed E-state index contributed by atoms with van der Waals surface area (Å²) in [5, 5.41) is 48.3. The van der Waals surface area contributed by atoms with Gasteiger partial charge < -0.3 is 29.3 Å². The van der Waals surface area contributed by atoms with Crippen LogP contribution in [0.1, 0.15) is 22.3 Å². The van der Waals surface area contributed by atoms with Crippen LogP contribution in [0.15, 0.2) is 95.9 Å². The van der Waals surface area contributed by atoms with Gasteiger partial charge in [-0.3, -0.25) is 0 Å². The van der Waals surface area contributed by atoms with E-state index in [0.29, 0.717) is 67.8 Å². The molecule has 0 aliphatic carbocycles. The molecule has 6 nitrogen and oxygen atoms in total. The van der Waals surface area contributed by atoms with Crippen molar-refractivity contribution in [3.8, 4) is 34.1 Å². The molecule has 4 aromatic carbocycles. The van der Waals surface area contributed by atoms with Gasteiger partial charge in [0.2, 0.25) is 0 Å². The topological polar surface area (TPSA) is 107 Å². The quantitative estimate of drug-likeness (QED) is 0.104. The number of benzene rings is 4. The van der Waals surface area contributed by atoms with Crippen molar-refractivity contribution in [1.82, 2.24) is 0 Å². The van der Waals surface area contributed by atoms with Crippen LogP contribution in [0.3, 0.4) is 0 Å². The molecule has 0 bridgehead atoms. The van der Waals surface area contributed by atoms with Crippen LogP contribution in [0.25, 0.3) is 55.0 Å². The maximum absolute atomic E-state index is 11.7. The number of aromatic hydroxyl groups is 4. The lowest BCUT2D eigenvalue weighted by atomic mass is 9.88. The monoisotopic (exact) mass is 558 g/mol. The second kappa shape index (κ2) is 10.2. The Hall–Kier alpha value is -5.36. The van der Waals surface area contributed by atoms with Gasteiger partial charge in [-0.2, -0.15) is 0 Å². The van der Waals surface area contributed by atoms with Crippen LogP contribution in [0.4, 0.5) is 0 Å². The van der Waals surface area contributed by atoms with Crippen LogP contribution in [0.2, 0.25) is 0 Å². The molecule has 0 unspecified atom stereocenters. The van der Waals surface area contributed by atoms with E-state index in [2.05, 4.69) is 26.3 Å². The molecule has 0 saturated heterocycles. The summed E-state index contributed by atoms with van der Waals surface area (Å²) >= 11 is 0. The van der Waals surface area contributed by atoms with Crippen molar-refractivity contribution in [2.75, 3.05) is 0 Å². The zero-order valence-corrected chi connectivity index (χ0v) is 23.0. The molecule has 210 valence electrons. The van der Waals surface area contributed by atoms with Gasteiger partial charge in [0.15, 0.2) is 23.0 Å². The van der Waals surface area contributed by atoms with Crippen LogP contribution in [-0.2, 0) is 25.7 Å².